The monoisotopic (exact) mass is 662 g/mol. The minimum atomic E-state index is -1.15. The van der Waals surface area contributed by atoms with Crippen LogP contribution in [0.15, 0.2) is 90.0 Å². The summed E-state index contributed by atoms with van der Waals surface area (Å²) in [6.07, 6.45) is 0.534. The Kier molecular flexibility index (Phi) is 9.66. The maximum absolute atomic E-state index is 13.9. The normalized spacial score (nSPS) is 15.8. The van der Waals surface area contributed by atoms with Gasteiger partial charge in [-0.25, -0.2) is 15.0 Å². The van der Waals surface area contributed by atoms with E-state index in [-0.39, 0.29) is 25.1 Å². The highest BCUT2D eigenvalue weighted by Crippen LogP contribution is 2.38. The van der Waals surface area contributed by atoms with Gasteiger partial charge in [-0.15, -0.1) is 0 Å². The number of carbonyl (C=O) groups excluding carboxylic acids is 3. The number of hydrazone groups is 1. The van der Waals surface area contributed by atoms with E-state index in [1.165, 1.54) is 16.0 Å². The quantitative estimate of drug-likeness (QED) is 0.0864. The van der Waals surface area contributed by atoms with E-state index in [1.807, 2.05) is 24.3 Å². The molecule has 0 aromatic heterocycles. The number of carbonyl (C=O) groups is 3. The summed E-state index contributed by atoms with van der Waals surface area (Å²) < 4.78 is 0. The van der Waals surface area contributed by atoms with E-state index < -0.39 is 29.7 Å². The van der Waals surface area contributed by atoms with Crippen molar-refractivity contribution < 1.29 is 24.7 Å². The summed E-state index contributed by atoms with van der Waals surface area (Å²) in [7, 11) is 0. The minimum absolute atomic E-state index is 0.0320. The van der Waals surface area contributed by atoms with Crippen LogP contribution < -0.4 is 15.6 Å². The van der Waals surface area contributed by atoms with Crippen molar-refractivity contribution in [1.29, 1.82) is 0 Å². The maximum Gasteiger partial charge on any atom is 0.347 e. The van der Waals surface area contributed by atoms with Crippen LogP contribution in [0.3, 0.4) is 0 Å². The van der Waals surface area contributed by atoms with Crippen LogP contribution in [0, 0.1) is 0 Å². The summed E-state index contributed by atoms with van der Waals surface area (Å²) >= 11 is 12.0. The lowest BCUT2D eigenvalue weighted by Gasteiger charge is -2.38. The van der Waals surface area contributed by atoms with Crippen LogP contribution in [-0.2, 0) is 4.79 Å². The summed E-state index contributed by atoms with van der Waals surface area (Å²) in [5.74, 6) is -0.358. The van der Waals surface area contributed by atoms with Crippen molar-refractivity contribution in [2.24, 2.45) is 5.10 Å². The van der Waals surface area contributed by atoms with Crippen LogP contribution in [0.1, 0.15) is 32.3 Å². The average Bonchev–Trinajstić information content (AvgIpc) is 3.23. The van der Waals surface area contributed by atoms with Gasteiger partial charge in [-0.3, -0.25) is 14.9 Å². The van der Waals surface area contributed by atoms with Crippen molar-refractivity contribution in [2.75, 3.05) is 16.8 Å². The number of amides is 5. The van der Waals surface area contributed by atoms with E-state index in [0.29, 0.717) is 32.0 Å². The first-order valence-electron chi connectivity index (χ1n) is 14.4. The SMILES string of the molecule is CC1(C)[C@@H](N(O)C(=O)Nc2ccc(Cl)cc2)N(c2ccc(Cl)cc2)C(=O)N1CCCC(=O)N/N=C\c1c(O)ccc2ccccc12. The number of hydroxylamine groups is 2. The Bertz CT molecular complexity index is 1780. The van der Waals surface area contributed by atoms with Gasteiger partial charge < -0.3 is 15.3 Å². The smallest absolute Gasteiger partial charge is 0.347 e. The van der Waals surface area contributed by atoms with Crippen LogP contribution in [0.2, 0.25) is 10.0 Å². The number of fused-ring (bicyclic) bond motifs is 1. The highest BCUT2D eigenvalue weighted by atomic mass is 35.5. The minimum Gasteiger partial charge on any atom is -0.507 e. The highest BCUT2D eigenvalue weighted by molar-refractivity contribution is 6.31. The molecule has 1 aliphatic heterocycles. The number of halogens is 2. The van der Waals surface area contributed by atoms with Gasteiger partial charge in [-0.1, -0.05) is 53.5 Å². The number of urea groups is 2. The van der Waals surface area contributed by atoms with Crippen molar-refractivity contribution in [2.45, 2.75) is 38.4 Å². The number of aromatic hydroxyl groups is 1. The summed E-state index contributed by atoms with van der Waals surface area (Å²) in [6, 6.07) is 22.3. The Morgan fingerprint density at radius 3 is 2.33 bits per heavy atom. The second-order valence-corrected chi connectivity index (χ2v) is 12.1. The molecule has 1 atom stereocenters. The maximum atomic E-state index is 13.9. The molecule has 1 aliphatic rings. The third kappa shape index (κ3) is 6.86. The van der Waals surface area contributed by atoms with Gasteiger partial charge in [-0.2, -0.15) is 10.2 Å². The van der Waals surface area contributed by atoms with Crippen LogP contribution in [-0.4, -0.2) is 62.7 Å². The van der Waals surface area contributed by atoms with E-state index in [1.54, 1.807) is 74.5 Å². The molecular formula is C33H32Cl2N6O5. The number of rotatable bonds is 9. The highest BCUT2D eigenvalue weighted by Gasteiger charge is 2.55. The lowest BCUT2D eigenvalue weighted by Crippen LogP contribution is -2.58. The van der Waals surface area contributed by atoms with E-state index in [2.05, 4.69) is 15.8 Å². The Labute approximate surface area is 275 Å². The zero-order valence-electron chi connectivity index (χ0n) is 25.0. The van der Waals surface area contributed by atoms with Crippen LogP contribution in [0.25, 0.3) is 10.8 Å². The molecule has 11 nitrogen and oxygen atoms in total. The second-order valence-electron chi connectivity index (χ2n) is 11.2. The number of hydrogen-bond donors (Lipinski definition) is 4. The molecule has 4 N–H and O–H groups in total. The fraction of sp³-hybridized carbons (Fsp3) is 0.212. The topological polar surface area (TPSA) is 138 Å². The zero-order chi connectivity index (χ0) is 33.0. The Hall–Kier alpha value is -4.84. The van der Waals surface area contributed by atoms with Crippen LogP contribution in [0.5, 0.6) is 5.75 Å². The zero-order valence-corrected chi connectivity index (χ0v) is 26.5. The van der Waals surface area contributed by atoms with E-state index in [9.17, 15) is 24.7 Å². The van der Waals surface area contributed by atoms with Gasteiger partial charge in [0.2, 0.25) is 5.91 Å². The molecule has 13 heteroatoms. The molecule has 1 heterocycles. The Morgan fingerprint density at radius 2 is 1.63 bits per heavy atom. The van der Waals surface area contributed by atoms with E-state index >= 15 is 0 Å². The molecule has 238 valence electrons. The standard InChI is InChI=1S/C33H32Cl2N6O5/c1-33(2)30(41(46)31(44)37-24-14-10-22(34)11-15-24)40(25-16-12-23(35)13-17-25)32(45)39(33)19-5-8-29(43)38-36-20-27-26-7-4-3-6-21(26)9-18-28(27)42/h3-4,6-7,9-18,20,30,42,46H,5,8,19H2,1-2H3,(H,37,44)(H,38,43)/b36-20-/t30-/m1/s1. The molecule has 46 heavy (non-hydrogen) atoms. The molecule has 5 rings (SSSR count). The molecule has 4 aromatic rings. The van der Waals surface area contributed by atoms with Gasteiger partial charge in [0.1, 0.15) is 5.75 Å². The number of benzene rings is 4. The number of phenols is 1. The van der Waals surface area contributed by atoms with Crippen molar-refractivity contribution in [3.05, 3.63) is 101 Å². The molecule has 0 bridgehead atoms. The predicted octanol–water partition coefficient (Wildman–Crippen LogP) is 7.05. The first-order chi connectivity index (χ1) is 22.0. The fourth-order valence-electron chi connectivity index (χ4n) is 5.45. The van der Waals surface area contributed by atoms with E-state index in [4.69, 9.17) is 23.2 Å². The summed E-state index contributed by atoms with van der Waals surface area (Å²) in [5.41, 5.74) is 2.65. The van der Waals surface area contributed by atoms with Gasteiger partial charge in [-0.05, 0) is 85.6 Å². The summed E-state index contributed by atoms with van der Waals surface area (Å²) in [4.78, 5) is 42.5. The Balaban J connectivity index is 1.28. The fourth-order valence-corrected chi connectivity index (χ4v) is 5.70. The molecule has 1 fully saturated rings. The third-order valence-corrected chi connectivity index (χ3v) is 8.27. The van der Waals surface area contributed by atoms with Gasteiger partial charge >= 0.3 is 12.1 Å². The second kappa shape index (κ2) is 13.7. The summed E-state index contributed by atoms with van der Waals surface area (Å²) in [6.45, 7) is 3.59. The first-order valence-corrected chi connectivity index (χ1v) is 15.2. The molecule has 0 saturated carbocycles. The van der Waals surface area contributed by atoms with E-state index in [0.717, 1.165) is 10.8 Å². The largest absolute Gasteiger partial charge is 0.507 e. The Morgan fingerprint density at radius 1 is 0.978 bits per heavy atom. The van der Waals surface area contributed by atoms with Crippen molar-refractivity contribution in [3.8, 4) is 5.75 Å². The molecule has 1 saturated heterocycles. The molecular weight excluding hydrogens is 631 g/mol. The first kappa shape index (κ1) is 32.6. The number of nitrogens with zero attached hydrogens (tertiary/aromatic N) is 4. The lowest BCUT2D eigenvalue weighted by molar-refractivity contribution is -0.121. The number of phenolic OH excluding ortho intramolecular Hbond substituents is 1. The van der Waals surface area contributed by atoms with Crippen LogP contribution >= 0.6 is 23.2 Å². The number of hydrogen-bond acceptors (Lipinski definition) is 6. The molecule has 4 aromatic carbocycles. The molecule has 0 unspecified atom stereocenters. The van der Waals surface area contributed by atoms with Crippen LogP contribution in [0.4, 0.5) is 21.0 Å². The summed E-state index contributed by atoms with van der Waals surface area (Å²) in [5, 5.41) is 31.3. The van der Waals surface area contributed by atoms with Crippen molar-refractivity contribution in [1.82, 2.24) is 15.4 Å². The molecule has 0 spiro atoms. The predicted molar refractivity (Wildman–Crippen MR) is 179 cm³/mol. The van der Waals surface area contributed by atoms with Gasteiger partial charge in [0.15, 0.2) is 6.17 Å². The molecule has 5 amide bonds. The molecule has 0 radical (unpaired) electrons. The van der Waals surface area contributed by atoms with Gasteiger partial charge in [0, 0.05) is 39.9 Å². The lowest BCUT2D eigenvalue weighted by atomic mass is 9.99. The van der Waals surface area contributed by atoms with Crippen molar-refractivity contribution in [3.63, 3.8) is 0 Å². The van der Waals surface area contributed by atoms with Crippen molar-refractivity contribution >= 4 is 69.5 Å². The third-order valence-electron chi connectivity index (χ3n) is 7.77. The molecule has 0 aliphatic carbocycles. The number of anilines is 2. The average molecular weight is 664 g/mol. The van der Waals surface area contributed by atoms with Gasteiger partial charge in [0.05, 0.1) is 11.8 Å². The number of nitrogens with one attached hydrogen (secondary N) is 2. The van der Waals surface area contributed by atoms with Gasteiger partial charge in [0.25, 0.3) is 0 Å².